The van der Waals surface area contributed by atoms with E-state index in [1.807, 2.05) is 49.5 Å². The number of amides is 3. The standard InChI is InChI=1S/C35H39N5O5/c1-20(2)34(37-31(41)23-16-25-24-11-7-12-26-30(24)22(18-36-26)17-27(25)38(3)19-23)33(43)40-28(15-21-9-5-4-6-10-21)32(42)39-14-8-13-29(39)35(40,44)45-34/h4-7,9-12,16,18,20,23,27-29,36,44H,8,13-15,17,19H2,1-3H3,(H,37,41)/t23-,27-,28+,29-,34+,35+/m1/s1. The summed E-state index contributed by atoms with van der Waals surface area (Å²) >= 11 is 0. The summed E-state index contributed by atoms with van der Waals surface area (Å²) in [6.45, 7) is 4.56. The van der Waals surface area contributed by atoms with Gasteiger partial charge in [0.25, 0.3) is 11.8 Å². The molecule has 1 aliphatic carbocycles. The lowest BCUT2D eigenvalue weighted by Crippen LogP contribution is -2.71. The summed E-state index contributed by atoms with van der Waals surface area (Å²) in [6.07, 6.45) is 6.40. The van der Waals surface area contributed by atoms with E-state index in [4.69, 9.17) is 4.74 Å². The molecule has 3 N–H and O–H groups in total. The highest BCUT2D eigenvalue weighted by molar-refractivity contribution is 6.01. The second-order valence-corrected chi connectivity index (χ2v) is 13.6. The molecule has 234 valence electrons. The highest BCUT2D eigenvalue weighted by Crippen LogP contribution is 2.48. The number of nitrogens with one attached hydrogen (secondary N) is 2. The zero-order valence-electron chi connectivity index (χ0n) is 25.8. The van der Waals surface area contributed by atoms with Gasteiger partial charge >= 0.3 is 0 Å². The first-order valence-electron chi connectivity index (χ1n) is 16.1. The molecule has 4 aliphatic heterocycles. The van der Waals surface area contributed by atoms with Gasteiger partial charge in [-0.2, -0.15) is 0 Å². The molecule has 6 atom stereocenters. The summed E-state index contributed by atoms with van der Waals surface area (Å²) < 4.78 is 6.49. The molecule has 5 aliphatic rings. The maximum atomic E-state index is 14.6. The number of fused-ring (bicyclic) bond motifs is 5. The van der Waals surface area contributed by atoms with E-state index in [1.165, 1.54) is 15.8 Å². The maximum Gasteiger partial charge on any atom is 0.281 e. The number of aliphatic hydroxyl groups is 1. The number of H-pyrrole nitrogens is 1. The number of piperazine rings is 1. The van der Waals surface area contributed by atoms with Gasteiger partial charge < -0.3 is 20.3 Å². The van der Waals surface area contributed by atoms with Gasteiger partial charge in [0.1, 0.15) is 12.1 Å². The van der Waals surface area contributed by atoms with Crippen LogP contribution in [0.15, 0.2) is 60.8 Å². The van der Waals surface area contributed by atoms with Crippen molar-refractivity contribution in [3.63, 3.8) is 0 Å². The average molecular weight is 610 g/mol. The molecule has 8 rings (SSSR count). The molecule has 0 bridgehead atoms. The van der Waals surface area contributed by atoms with E-state index in [-0.39, 0.29) is 24.3 Å². The van der Waals surface area contributed by atoms with Gasteiger partial charge in [-0.25, -0.2) is 0 Å². The van der Waals surface area contributed by atoms with E-state index in [0.29, 0.717) is 25.9 Å². The summed E-state index contributed by atoms with van der Waals surface area (Å²) in [5.41, 5.74) is 3.59. The van der Waals surface area contributed by atoms with Crippen LogP contribution in [-0.2, 0) is 32.0 Å². The van der Waals surface area contributed by atoms with Crippen LogP contribution >= 0.6 is 0 Å². The van der Waals surface area contributed by atoms with E-state index < -0.39 is 41.5 Å². The van der Waals surface area contributed by atoms with Crippen LogP contribution in [0.25, 0.3) is 16.5 Å². The smallest absolute Gasteiger partial charge is 0.281 e. The summed E-state index contributed by atoms with van der Waals surface area (Å²) in [5, 5.41) is 16.5. The van der Waals surface area contributed by atoms with Crippen LogP contribution in [0.4, 0.5) is 0 Å². The molecule has 3 amide bonds. The number of hydrogen-bond acceptors (Lipinski definition) is 6. The predicted octanol–water partition coefficient (Wildman–Crippen LogP) is 2.63. The van der Waals surface area contributed by atoms with Crippen molar-refractivity contribution in [1.82, 2.24) is 25.0 Å². The van der Waals surface area contributed by atoms with Crippen LogP contribution in [0.3, 0.4) is 0 Å². The molecule has 0 spiro atoms. The topological polar surface area (TPSA) is 118 Å². The third kappa shape index (κ3) is 4.01. The van der Waals surface area contributed by atoms with E-state index in [1.54, 1.807) is 18.7 Å². The van der Waals surface area contributed by atoms with Crippen molar-refractivity contribution in [3.8, 4) is 0 Å². The van der Waals surface area contributed by atoms with Gasteiger partial charge in [0.2, 0.25) is 17.5 Å². The Morgan fingerprint density at radius 2 is 1.96 bits per heavy atom. The average Bonchev–Trinajstić information content (AvgIpc) is 3.74. The summed E-state index contributed by atoms with van der Waals surface area (Å²) in [6, 6.07) is 14.2. The van der Waals surface area contributed by atoms with E-state index >= 15 is 0 Å². The molecule has 45 heavy (non-hydrogen) atoms. The van der Waals surface area contributed by atoms with Gasteiger partial charge in [-0.3, -0.25) is 28.9 Å². The van der Waals surface area contributed by atoms with Crippen LogP contribution in [0, 0.1) is 11.8 Å². The molecular formula is C35H39N5O5. The molecule has 1 aromatic heterocycles. The molecule has 3 saturated heterocycles. The number of aromatic nitrogens is 1. The monoisotopic (exact) mass is 609 g/mol. The fourth-order valence-electron chi connectivity index (χ4n) is 8.47. The number of hydrogen-bond donors (Lipinski definition) is 3. The van der Waals surface area contributed by atoms with Crippen LogP contribution in [0.2, 0.25) is 0 Å². The Bertz CT molecular complexity index is 1750. The number of aromatic amines is 1. The molecule has 0 unspecified atom stereocenters. The highest BCUT2D eigenvalue weighted by Gasteiger charge is 2.72. The maximum absolute atomic E-state index is 14.6. The molecule has 0 radical (unpaired) electrons. The molecular weight excluding hydrogens is 570 g/mol. The van der Waals surface area contributed by atoms with Gasteiger partial charge in [-0.15, -0.1) is 0 Å². The van der Waals surface area contributed by atoms with Crippen molar-refractivity contribution < 1.29 is 24.2 Å². The lowest BCUT2D eigenvalue weighted by atomic mass is 9.79. The molecule has 3 aromatic rings. The second-order valence-electron chi connectivity index (χ2n) is 13.6. The fraction of sp³-hybridized carbons (Fsp3) is 0.457. The van der Waals surface area contributed by atoms with Gasteiger partial charge in [-0.1, -0.05) is 62.4 Å². The minimum Gasteiger partial charge on any atom is -0.361 e. The number of carbonyl (C=O) groups is 3. The zero-order valence-corrected chi connectivity index (χ0v) is 25.8. The molecule has 10 nitrogen and oxygen atoms in total. The molecule has 3 fully saturated rings. The van der Waals surface area contributed by atoms with Crippen molar-refractivity contribution in [2.75, 3.05) is 20.1 Å². The summed E-state index contributed by atoms with van der Waals surface area (Å²) in [7, 11) is 2.03. The van der Waals surface area contributed by atoms with Crippen LogP contribution in [-0.4, -0.2) is 92.4 Å². The number of rotatable bonds is 5. The lowest BCUT2D eigenvalue weighted by molar-refractivity contribution is -0.321. The number of carbonyl (C=O) groups excluding carboxylic acids is 3. The largest absolute Gasteiger partial charge is 0.361 e. The van der Waals surface area contributed by atoms with Crippen LogP contribution in [0.1, 0.15) is 43.4 Å². The van der Waals surface area contributed by atoms with Gasteiger partial charge in [0.05, 0.1) is 5.92 Å². The normalized spacial score (nSPS) is 32.5. The Labute approximate surface area is 262 Å². The van der Waals surface area contributed by atoms with Crippen LogP contribution < -0.4 is 5.32 Å². The number of nitrogens with zero attached hydrogens (tertiary/aromatic N) is 3. The van der Waals surface area contributed by atoms with Crippen molar-refractivity contribution in [1.29, 1.82) is 0 Å². The van der Waals surface area contributed by atoms with Gasteiger partial charge in [0.15, 0.2) is 0 Å². The van der Waals surface area contributed by atoms with Crippen molar-refractivity contribution in [2.24, 2.45) is 11.8 Å². The summed E-state index contributed by atoms with van der Waals surface area (Å²) in [5.74, 6) is -4.27. The van der Waals surface area contributed by atoms with Crippen molar-refractivity contribution in [3.05, 3.63) is 77.5 Å². The third-order valence-corrected chi connectivity index (χ3v) is 10.8. The van der Waals surface area contributed by atoms with Crippen LogP contribution in [0.5, 0.6) is 0 Å². The quantitative estimate of drug-likeness (QED) is 0.410. The number of benzene rings is 2. The predicted molar refractivity (Wildman–Crippen MR) is 167 cm³/mol. The Morgan fingerprint density at radius 3 is 2.73 bits per heavy atom. The Hall–Kier alpha value is -3.99. The Balaban J connectivity index is 1.15. The van der Waals surface area contributed by atoms with Crippen molar-refractivity contribution >= 4 is 34.2 Å². The zero-order chi connectivity index (χ0) is 31.2. The second kappa shape index (κ2) is 10.0. The summed E-state index contributed by atoms with van der Waals surface area (Å²) in [4.78, 5) is 51.2. The highest BCUT2D eigenvalue weighted by atomic mass is 16.7. The molecule has 5 heterocycles. The number of ether oxygens (including phenoxy) is 1. The first-order valence-corrected chi connectivity index (χ1v) is 16.1. The van der Waals surface area contributed by atoms with E-state index in [9.17, 15) is 19.5 Å². The van der Waals surface area contributed by atoms with E-state index in [0.717, 1.165) is 28.6 Å². The number of likely N-dealkylation sites (N-methyl/N-ethyl adjacent to an activating group) is 1. The van der Waals surface area contributed by atoms with Crippen molar-refractivity contribution in [2.45, 2.75) is 69.3 Å². The van der Waals surface area contributed by atoms with E-state index in [2.05, 4.69) is 33.5 Å². The first kappa shape index (κ1) is 28.5. The third-order valence-electron chi connectivity index (χ3n) is 10.8. The molecule has 2 aromatic carbocycles. The minimum absolute atomic E-state index is 0.138. The molecule has 10 heteroatoms. The lowest BCUT2D eigenvalue weighted by Gasteiger charge is -2.48. The minimum atomic E-state index is -2.06. The Morgan fingerprint density at radius 1 is 1.16 bits per heavy atom. The Kier molecular flexibility index (Phi) is 6.33. The molecule has 0 saturated carbocycles. The SMILES string of the molecule is CC(C)[C@]1(NC(=O)[C@@H]2C=C3c4cccc5[nH]cc(c45)C[C@H]3N(C)C2)O[C@@]2(O)[C@H]3CCCN3C(=O)[C@H](Cc3ccccc3)N2C1=O. The van der Waals surface area contributed by atoms with Gasteiger partial charge in [-0.05, 0) is 54.6 Å². The van der Waals surface area contributed by atoms with Gasteiger partial charge in [0, 0.05) is 48.6 Å². The fourth-order valence-corrected chi connectivity index (χ4v) is 8.47. The first-order chi connectivity index (χ1) is 21.6.